The number of benzene rings is 2. The molecule has 1 heterocycles. The molecule has 0 fully saturated rings. The van der Waals surface area contributed by atoms with Crippen molar-refractivity contribution >= 4 is 5.91 Å². The highest BCUT2D eigenvalue weighted by Crippen LogP contribution is 2.20. The minimum atomic E-state index is 0.142. The van der Waals surface area contributed by atoms with E-state index in [1.54, 1.807) is 6.20 Å². The lowest BCUT2D eigenvalue weighted by atomic mass is 10.1. The first-order valence-electron chi connectivity index (χ1n) is 9.08. The van der Waals surface area contributed by atoms with Crippen LogP contribution in [-0.4, -0.2) is 28.9 Å². The number of carbonyl (C=O) groups is 1. The second-order valence-corrected chi connectivity index (χ2v) is 6.19. The Labute approximate surface area is 154 Å². The van der Waals surface area contributed by atoms with Crippen molar-refractivity contribution in [1.82, 2.24) is 9.88 Å². The van der Waals surface area contributed by atoms with Gasteiger partial charge in [-0.15, -0.1) is 0 Å². The molecule has 2 aromatic carbocycles. The smallest absolute Gasteiger partial charge is 0.223 e. The van der Waals surface area contributed by atoms with E-state index in [1.165, 1.54) is 5.56 Å². The van der Waals surface area contributed by atoms with Gasteiger partial charge in [0.15, 0.2) is 11.7 Å². The molecule has 0 saturated carbocycles. The highest BCUT2D eigenvalue weighted by atomic mass is 16.4. The molecular weight excluding hydrogens is 324 g/mol. The monoisotopic (exact) mass is 348 g/mol. The van der Waals surface area contributed by atoms with Gasteiger partial charge in [0.2, 0.25) is 5.91 Å². The van der Waals surface area contributed by atoms with E-state index in [4.69, 9.17) is 4.42 Å². The van der Waals surface area contributed by atoms with Crippen LogP contribution in [0.5, 0.6) is 0 Å². The Balaban J connectivity index is 1.51. The Morgan fingerprint density at radius 1 is 1.00 bits per heavy atom. The molecule has 0 aliphatic rings. The number of nitrogens with zero attached hydrogens (tertiary/aromatic N) is 2. The molecule has 26 heavy (non-hydrogen) atoms. The first-order valence-corrected chi connectivity index (χ1v) is 9.08. The van der Waals surface area contributed by atoms with Gasteiger partial charge in [-0.05, 0) is 18.9 Å². The lowest BCUT2D eigenvalue weighted by molar-refractivity contribution is -0.131. The molecule has 0 aliphatic carbocycles. The molecule has 0 aliphatic heterocycles. The maximum atomic E-state index is 12.5. The standard InChI is InChI=1S/C22H24N2O2/c1-2-24(16-15-18-9-5-3-6-10-18)22(25)14-13-21-23-17-20(26-21)19-11-7-4-8-12-19/h3-12,17H,2,13-16H2,1H3. The van der Waals surface area contributed by atoms with Crippen molar-refractivity contribution < 1.29 is 9.21 Å². The number of amides is 1. The van der Waals surface area contributed by atoms with Gasteiger partial charge in [-0.1, -0.05) is 60.7 Å². The third kappa shape index (κ3) is 4.82. The zero-order valence-corrected chi connectivity index (χ0v) is 15.1. The molecule has 1 aromatic heterocycles. The summed E-state index contributed by atoms with van der Waals surface area (Å²) in [7, 11) is 0. The number of rotatable bonds is 8. The van der Waals surface area contributed by atoms with Crippen LogP contribution in [0.3, 0.4) is 0 Å². The summed E-state index contributed by atoms with van der Waals surface area (Å²) in [4.78, 5) is 18.7. The molecule has 3 aromatic rings. The predicted octanol–water partition coefficient (Wildman–Crippen LogP) is 4.37. The third-order valence-electron chi connectivity index (χ3n) is 4.41. The largest absolute Gasteiger partial charge is 0.441 e. The summed E-state index contributed by atoms with van der Waals surface area (Å²) < 4.78 is 5.78. The lowest BCUT2D eigenvalue weighted by Gasteiger charge is -2.20. The molecule has 0 bridgehead atoms. The van der Waals surface area contributed by atoms with Crippen LogP contribution in [-0.2, 0) is 17.6 Å². The van der Waals surface area contributed by atoms with Gasteiger partial charge in [0.25, 0.3) is 0 Å². The molecule has 0 radical (unpaired) electrons. The van der Waals surface area contributed by atoms with Crippen LogP contribution in [0.15, 0.2) is 71.3 Å². The van der Waals surface area contributed by atoms with E-state index in [-0.39, 0.29) is 5.91 Å². The summed E-state index contributed by atoms with van der Waals surface area (Å²) in [6.45, 7) is 3.47. The van der Waals surface area contributed by atoms with Crippen molar-refractivity contribution in [1.29, 1.82) is 0 Å². The molecule has 0 atom stereocenters. The van der Waals surface area contributed by atoms with Gasteiger partial charge in [0.05, 0.1) is 6.20 Å². The Morgan fingerprint density at radius 2 is 1.69 bits per heavy atom. The van der Waals surface area contributed by atoms with Crippen molar-refractivity contribution in [2.24, 2.45) is 0 Å². The summed E-state index contributed by atoms with van der Waals surface area (Å²) in [6, 6.07) is 20.1. The molecule has 1 amide bonds. The normalized spacial score (nSPS) is 10.7. The lowest BCUT2D eigenvalue weighted by Crippen LogP contribution is -2.32. The van der Waals surface area contributed by atoms with E-state index >= 15 is 0 Å². The average molecular weight is 348 g/mol. The first kappa shape index (κ1) is 17.9. The van der Waals surface area contributed by atoms with Gasteiger partial charge in [-0.25, -0.2) is 4.98 Å². The highest BCUT2D eigenvalue weighted by molar-refractivity contribution is 5.76. The number of oxazole rings is 1. The van der Waals surface area contributed by atoms with Gasteiger partial charge >= 0.3 is 0 Å². The summed E-state index contributed by atoms with van der Waals surface area (Å²) in [5.41, 5.74) is 2.24. The van der Waals surface area contributed by atoms with Crippen LogP contribution < -0.4 is 0 Å². The molecular formula is C22H24N2O2. The number of likely N-dealkylation sites (N-methyl/N-ethyl adjacent to an activating group) is 1. The minimum Gasteiger partial charge on any atom is -0.441 e. The third-order valence-corrected chi connectivity index (χ3v) is 4.41. The second-order valence-electron chi connectivity index (χ2n) is 6.19. The van der Waals surface area contributed by atoms with Gasteiger partial charge in [0, 0.05) is 31.5 Å². The van der Waals surface area contributed by atoms with Crippen LogP contribution in [0.1, 0.15) is 24.8 Å². The number of hydrogen-bond acceptors (Lipinski definition) is 3. The van der Waals surface area contributed by atoms with Crippen molar-refractivity contribution in [2.45, 2.75) is 26.2 Å². The molecule has 4 nitrogen and oxygen atoms in total. The zero-order valence-electron chi connectivity index (χ0n) is 15.1. The second kappa shape index (κ2) is 8.99. The fourth-order valence-electron chi connectivity index (χ4n) is 2.90. The maximum absolute atomic E-state index is 12.5. The Morgan fingerprint density at radius 3 is 2.38 bits per heavy atom. The molecule has 134 valence electrons. The van der Waals surface area contributed by atoms with E-state index in [0.717, 1.165) is 24.3 Å². The van der Waals surface area contributed by atoms with E-state index < -0.39 is 0 Å². The van der Waals surface area contributed by atoms with Gasteiger partial charge in [-0.3, -0.25) is 4.79 Å². The quantitative estimate of drug-likeness (QED) is 0.607. The molecule has 0 saturated heterocycles. The average Bonchev–Trinajstić information content (AvgIpc) is 3.17. The maximum Gasteiger partial charge on any atom is 0.223 e. The van der Waals surface area contributed by atoms with Gasteiger partial charge in [0.1, 0.15) is 0 Å². The summed E-state index contributed by atoms with van der Waals surface area (Å²) in [5, 5.41) is 0. The molecule has 3 rings (SSSR count). The molecule has 0 N–H and O–H groups in total. The fraction of sp³-hybridized carbons (Fsp3) is 0.273. The van der Waals surface area contributed by atoms with Crippen molar-refractivity contribution in [2.75, 3.05) is 13.1 Å². The number of aryl methyl sites for hydroxylation is 1. The van der Waals surface area contributed by atoms with Crippen LogP contribution in [0.25, 0.3) is 11.3 Å². The van der Waals surface area contributed by atoms with Crippen molar-refractivity contribution in [3.8, 4) is 11.3 Å². The van der Waals surface area contributed by atoms with E-state index in [0.29, 0.717) is 25.3 Å². The zero-order chi connectivity index (χ0) is 18.2. The summed E-state index contributed by atoms with van der Waals surface area (Å²) >= 11 is 0. The SMILES string of the molecule is CCN(CCc1ccccc1)C(=O)CCc1ncc(-c2ccccc2)o1. The summed E-state index contributed by atoms with van der Waals surface area (Å²) in [5.74, 6) is 1.49. The molecule has 0 spiro atoms. The van der Waals surface area contributed by atoms with Crippen LogP contribution in [0.4, 0.5) is 0 Å². The van der Waals surface area contributed by atoms with Crippen LogP contribution in [0.2, 0.25) is 0 Å². The Bertz CT molecular complexity index is 812. The number of hydrogen-bond donors (Lipinski definition) is 0. The Kier molecular flexibility index (Phi) is 6.20. The van der Waals surface area contributed by atoms with E-state index in [2.05, 4.69) is 17.1 Å². The van der Waals surface area contributed by atoms with Crippen LogP contribution in [0, 0.1) is 0 Å². The highest BCUT2D eigenvalue weighted by Gasteiger charge is 2.14. The Hall–Kier alpha value is -2.88. The topological polar surface area (TPSA) is 46.3 Å². The van der Waals surface area contributed by atoms with Crippen molar-refractivity contribution in [3.05, 3.63) is 78.3 Å². The molecule has 4 heteroatoms. The van der Waals surface area contributed by atoms with Gasteiger partial charge in [-0.2, -0.15) is 0 Å². The minimum absolute atomic E-state index is 0.142. The first-order chi connectivity index (χ1) is 12.8. The van der Waals surface area contributed by atoms with E-state index in [1.807, 2.05) is 60.4 Å². The molecule has 0 unspecified atom stereocenters. The number of carbonyl (C=O) groups excluding carboxylic acids is 1. The fourth-order valence-corrected chi connectivity index (χ4v) is 2.90. The van der Waals surface area contributed by atoms with Gasteiger partial charge < -0.3 is 9.32 Å². The van der Waals surface area contributed by atoms with Crippen LogP contribution >= 0.6 is 0 Å². The summed E-state index contributed by atoms with van der Waals surface area (Å²) in [6.07, 6.45) is 3.53. The van der Waals surface area contributed by atoms with E-state index in [9.17, 15) is 4.79 Å². The predicted molar refractivity (Wildman–Crippen MR) is 103 cm³/mol. The number of aromatic nitrogens is 1. The van der Waals surface area contributed by atoms with Crippen molar-refractivity contribution in [3.63, 3.8) is 0 Å².